The van der Waals surface area contributed by atoms with Gasteiger partial charge in [0.25, 0.3) is 10.0 Å². The van der Waals surface area contributed by atoms with Gasteiger partial charge in [0.15, 0.2) is 5.03 Å². The molecule has 0 aliphatic carbocycles. The van der Waals surface area contributed by atoms with Gasteiger partial charge < -0.3 is 15.0 Å². The third-order valence-electron chi connectivity index (χ3n) is 2.87. The van der Waals surface area contributed by atoms with Gasteiger partial charge in [0.1, 0.15) is 6.04 Å². The number of aromatic amines is 1. The Balaban J connectivity index is 2.25. The Hall–Kier alpha value is -1.45. The van der Waals surface area contributed by atoms with E-state index in [0.717, 1.165) is 4.31 Å². The molecule has 0 spiro atoms. The van der Waals surface area contributed by atoms with E-state index in [-0.39, 0.29) is 36.7 Å². The molecule has 1 amide bonds. The van der Waals surface area contributed by atoms with E-state index in [4.69, 9.17) is 4.74 Å². The fraction of sp³-hybridized carbons (Fsp3) is 0.636. The maximum atomic E-state index is 12.5. The number of hydrogen-bond donors (Lipinski definition) is 2. The highest BCUT2D eigenvalue weighted by Gasteiger charge is 2.39. The lowest BCUT2D eigenvalue weighted by molar-refractivity contribution is -0.129. The third kappa shape index (κ3) is 3.00. The number of ether oxygens (including phenoxy) is 1. The summed E-state index contributed by atoms with van der Waals surface area (Å²) < 4.78 is 31.3. The molecule has 0 bridgehead atoms. The van der Waals surface area contributed by atoms with Crippen LogP contribution in [0.15, 0.2) is 17.6 Å². The molecule has 1 atom stereocenters. The van der Waals surface area contributed by atoms with Crippen LogP contribution in [0.5, 0.6) is 0 Å². The first-order valence-corrected chi connectivity index (χ1v) is 7.75. The van der Waals surface area contributed by atoms with Gasteiger partial charge in [-0.15, -0.1) is 0 Å². The van der Waals surface area contributed by atoms with Crippen molar-refractivity contribution < 1.29 is 17.9 Å². The van der Waals surface area contributed by atoms with Gasteiger partial charge in [-0.2, -0.15) is 4.31 Å². The van der Waals surface area contributed by atoms with E-state index in [0.29, 0.717) is 0 Å². The number of morpholine rings is 1. The van der Waals surface area contributed by atoms with E-state index in [2.05, 4.69) is 15.3 Å². The Labute approximate surface area is 117 Å². The Morgan fingerprint density at radius 1 is 1.60 bits per heavy atom. The van der Waals surface area contributed by atoms with E-state index < -0.39 is 16.1 Å². The van der Waals surface area contributed by atoms with E-state index in [1.54, 1.807) is 0 Å². The van der Waals surface area contributed by atoms with Gasteiger partial charge >= 0.3 is 0 Å². The average molecular weight is 302 g/mol. The van der Waals surface area contributed by atoms with Gasteiger partial charge in [-0.3, -0.25) is 4.79 Å². The molecular formula is C11H18N4O4S. The molecule has 0 saturated carbocycles. The largest absolute Gasteiger partial charge is 0.378 e. The number of nitrogens with zero attached hydrogens (tertiary/aromatic N) is 2. The molecule has 1 saturated heterocycles. The molecule has 2 N–H and O–H groups in total. The Morgan fingerprint density at radius 2 is 2.35 bits per heavy atom. The molecule has 0 radical (unpaired) electrons. The normalized spacial score (nSPS) is 21.1. The maximum Gasteiger partial charge on any atom is 0.261 e. The molecule has 1 fully saturated rings. The van der Waals surface area contributed by atoms with Crippen molar-refractivity contribution in [1.82, 2.24) is 19.6 Å². The van der Waals surface area contributed by atoms with Gasteiger partial charge in [0, 0.05) is 12.6 Å². The highest BCUT2D eigenvalue weighted by atomic mass is 32.2. The summed E-state index contributed by atoms with van der Waals surface area (Å²) in [6.45, 7) is 4.08. The lowest BCUT2D eigenvalue weighted by Crippen LogP contribution is -2.56. The highest BCUT2D eigenvalue weighted by Crippen LogP contribution is 2.18. The first-order chi connectivity index (χ1) is 9.43. The predicted molar refractivity (Wildman–Crippen MR) is 70.4 cm³/mol. The maximum absolute atomic E-state index is 12.5. The molecule has 0 aromatic carbocycles. The number of aromatic nitrogens is 2. The van der Waals surface area contributed by atoms with Crippen molar-refractivity contribution in [3.63, 3.8) is 0 Å². The standard InChI is InChI=1S/C11H18N4O4S/c1-8(2)14-11(16)9-6-19-4-3-15(9)20(17,18)10-5-12-7-13-10/h5,7-9H,3-4,6H2,1-2H3,(H,12,13)(H,14,16). The fourth-order valence-electron chi connectivity index (χ4n) is 1.97. The quantitative estimate of drug-likeness (QED) is 0.767. The molecule has 8 nitrogen and oxygen atoms in total. The number of carbonyl (C=O) groups excluding carboxylic acids is 1. The molecule has 1 aromatic rings. The monoisotopic (exact) mass is 302 g/mol. The van der Waals surface area contributed by atoms with Crippen LogP contribution in [0.1, 0.15) is 13.8 Å². The van der Waals surface area contributed by atoms with Gasteiger partial charge in [0.2, 0.25) is 5.91 Å². The van der Waals surface area contributed by atoms with Gasteiger partial charge in [-0.05, 0) is 13.8 Å². The molecule has 112 valence electrons. The van der Waals surface area contributed by atoms with Crippen LogP contribution in [-0.4, -0.2) is 60.4 Å². The van der Waals surface area contributed by atoms with Crippen LogP contribution in [0.2, 0.25) is 0 Å². The molecule has 2 rings (SSSR count). The fourth-order valence-corrected chi connectivity index (χ4v) is 3.43. The summed E-state index contributed by atoms with van der Waals surface area (Å²) in [6, 6.07) is -0.930. The summed E-state index contributed by atoms with van der Waals surface area (Å²) in [5.41, 5.74) is 0. The van der Waals surface area contributed by atoms with E-state index >= 15 is 0 Å². The van der Waals surface area contributed by atoms with Crippen molar-refractivity contribution in [1.29, 1.82) is 0 Å². The van der Waals surface area contributed by atoms with Crippen molar-refractivity contribution in [2.24, 2.45) is 0 Å². The average Bonchev–Trinajstić information content (AvgIpc) is 2.92. The summed E-state index contributed by atoms with van der Waals surface area (Å²) in [7, 11) is -3.77. The molecule has 20 heavy (non-hydrogen) atoms. The number of imidazole rings is 1. The van der Waals surface area contributed by atoms with E-state index in [1.807, 2.05) is 13.8 Å². The first kappa shape index (κ1) is 14.9. The molecule has 1 aliphatic rings. The summed E-state index contributed by atoms with van der Waals surface area (Å²) in [4.78, 5) is 18.4. The predicted octanol–water partition coefficient (Wildman–Crippen LogP) is -0.676. The van der Waals surface area contributed by atoms with E-state index in [1.165, 1.54) is 12.5 Å². The molecule has 2 heterocycles. The summed E-state index contributed by atoms with van der Waals surface area (Å²) in [5.74, 6) is -0.359. The van der Waals surface area contributed by atoms with Crippen LogP contribution in [-0.2, 0) is 19.6 Å². The second kappa shape index (κ2) is 5.90. The number of nitrogens with one attached hydrogen (secondary N) is 2. The third-order valence-corrected chi connectivity index (χ3v) is 4.71. The Kier molecular flexibility index (Phi) is 4.41. The molecule has 1 aliphatic heterocycles. The minimum Gasteiger partial charge on any atom is -0.378 e. The number of H-pyrrole nitrogens is 1. The number of amides is 1. The molecule has 9 heteroatoms. The van der Waals surface area contributed by atoms with Crippen molar-refractivity contribution >= 4 is 15.9 Å². The zero-order valence-corrected chi connectivity index (χ0v) is 12.2. The van der Waals surface area contributed by atoms with Crippen LogP contribution >= 0.6 is 0 Å². The summed E-state index contributed by atoms with van der Waals surface area (Å²) in [6.07, 6.45) is 2.51. The topological polar surface area (TPSA) is 104 Å². The van der Waals surface area contributed by atoms with E-state index in [9.17, 15) is 13.2 Å². The molecule has 1 aromatic heterocycles. The highest BCUT2D eigenvalue weighted by molar-refractivity contribution is 7.89. The summed E-state index contributed by atoms with van der Waals surface area (Å²) in [5, 5.41) is 2.68. The van der Waals surface area contributed by atoms with Crippen LogP contribution in [0.3, 0.4) is 0 Å². The van der Waals surface area contributed by atoms with Crippen molar-refractivity contribution in [2.45, 2.75) is 31.0 Å². The number of hydrogen-bond acceptors (Lipinski definition) is 5. The first-order valence-electron chi connectivity index (χ1n) is 6.31. The molecular weight excluding hydrogens is 284 g/mol. The van der Waals surface area contributed by atoms with Gasteiger partial charge in [0.05, 0.1) is 25.7 Å². The van der Waals surface area contributed by atoms with Crippen molar-refractivity contribution in [3.05, 3.63) is 12.5 Å². The smallest absolute Gasteiger partial charge is 0.261 e. The van der Waals surface area contributed by atoms with Crippen LogP contribution < -0.4 is 5.32 Å². The summed E-state index contributed by atoms with van der Waals surface area (Å²) >= 11 is 0. The Morgan fingerprint density at radius 3 is 2.95 bits per heavy atom. The van der Waals surface area contributed by atoms with Gasteiger partial charge in [-0.1, -0.05) is 0 Å². The second-order valence-corrected chi connectivity index (χ2v) is 6.64. The Bertz CT molecular complexity index is 555. The SMILES string of the molecule is CC(C)NC(=O)C1COCCN1S(=O)(=O)c1cnc[nH]1. The minimum absolute atomic E-state index is 0.0262. The lowest BCUT2D eigenvalue weighted by Gasteiger charge is -2.33. The zero-order valence-electron chi connectivity index (χ0n) is 11.4. The zero-order chi connectivity index (χ0) is 14.8. The number of carbonyl (C=O) groups is 1. The number of rotatable bonds is 4. The number of sulfonamides is 1. The van der Waals surface area contributed by atoms with Crippen molar-refractivity contribution in [2.75, 3.05) is 19.8 Å². The van der Waals surface area contributed by atoms with Crippen molar-refractivity contribution in [3.8, 4) is 0 Å². The lowest BCUT2D eigenvalue weighted by atomic mass is 10.2. The minimum atomic E-state index is -3.77. The molecule has 1 unspecified atom stereocenters. The van der Waals surface area contributed by atoms with Crippen LogP contribution in [0, 0.1) is 0 Å². The second-order valence-electron chi connectivity index (χ2n) is 4.79. The van der Waals surface area contributed by atoms with Crippen LogP contribution in [0.25, 0.3) is 0 Å². The van der Waals surface area contributed by atoms with Crippen LogP contribution in [0.4, 0.5) is 0 Å². The van der Waals surface area contributed by atoms with Gasteiger partial charge in [-0.25, -0.2) is 13.4 Å².